The van der Waals surface area contributed by atoms with Crippen molar-refractivity contribution in [1.29, 1.82) is 0 Å². The van der Waals surface area contributed by atoms with Gasteiger partial charge < -0.3 is 14.0 Å². The van der Waals surface area contributed by atoms with Crippen molar-refractivity contribution >= 4 is 27.8 Å². The molecule has 0 saturated carbocycles. The summed E-state index contributed by atoms with van der Waals surface area (Å²) in [4.78, 5) is 16.5. The van der Waals surface area contributed by atoms with Crippen LogP contribution in [-0.4, -0.2) is 22.6 Å². The van der Waals surface area contributed by atoms with E-state index in [2.05, 4.69) is 33.8 Å². The molecule has 0 unspecified atom stereocenters. The maximum atomic E-state index is 11.9. The number of fused-ring (bicyclic) bond motifs is 2. The van der Waals surface area contributed by atoms with Gasteiger partial charge in [0.05, 0.1) is 23.9 Å². The van der Waals surface area contributed by atoms with Crippen LogP contribution in [0.5, 0.6) is 5.75 Å². The molecule has 0 bridgehead atoms. The second kappa shape index (κ2) is 8.55. The number of esters is 1. The van der Waals surface area contributed by atoms with Gasteiger partial charge in [-0.25, -0.2) is 9.78 Å². The number of carbonyl (C=O) groups is 1. The SMILES string of the molecule is COC(=O)c1ccc2ccn(Cc3ccc(OCc4ccc5ccccc5n4)cc3)c2c1. The minimum Gasteiger partial charge on any atom is -0.487 e. The van der Waals surface area contributed by atoms with Gasteiger partial charge in [0.15, 0.2) is 0 Å². The van der Waals surface area contributed by atoms with E-state index >= 15 is 0 Å². The lowest BCUT2D eigenvalue weighted by Gasteiger charge is -2.09. The molecule has 0 aliphatic heterocycles. The van der Waals surface area contributed by atoms with Crippen LogP contribution < -0.4 is 4.74 Å². The van der Waals surface area contributed by atoms with E-state index in [1.165, 1.54) is 7.11 Å². The molecule has 2 aromatic heterocycles. The standard InChI is InChI=1S/C27H22N2O3/c1-31-27(30)22-9-8-21-14-15-29(26(21)16-22)17-19-6-12-24(13-7-19)32-18-23-11-10-20-4-2-3-5-25(20)28-23/h2-16H,17-18H2,1H3. The molecule has 0 N–H and O–H groups in total. The minimum atomic E-state index is -0.331. The Labute approximate surface area is 185 Å². The fourth-order valence-corrected chi connectivity index (χ4v) is 3.80. The summed E-state index contributed by atoms with van der Waals surface area (Å²) >= 11 is 0. The van der Waals surface area contributed by atoms with Crippen LogP contribution in [-0.2, 0) is 17.9 Å². The van der Waals surface area contributed by atoms with Crippen LogP contribution in [0.3, 0.4) is 0 Å². The van der Waals surface area contributed by atoms with Gasteiger partial charge in [0.25, 0.3) is 0 Å². The number of aromatic nitrogens is 2. The van der Waals surface area contributed by atoms with Crippen molar-refractivity contribution in [3.05, 3.63) is 108 Å². The lowest BCUT2D eigenvalue weighted by atomic mass is 10.1. The second-order valence-electron chi connectivity index (χ2n) is 7.64. The Balaban J connectivity index is 1.28. The average molecular weight is 422 g/mol. The highest BCUT2D eigenvalue weighted by molar-refractivity contribution is 5.94. The molecule has 0 spiro atoms. The molecule has 0 fully saturated rings. The van der Waals surface area contributed by atoms with Crippen LogP contribution in [0.25, 0.3) is 21.8 Å². The van der Waals surface area contributed by atoms with Gasteiger partial charge in [-0.05, 0) is 53.4 Å². The molecule has 0 amide bonds. The van der Waals surface area contributed by atoms with E-state index in [9.17, 15) is 4.79 Å². The molecule has 0 radical (unpaired) electrons. The van der Waals surface area contributed by atoms with Crippen molar-refractivity contribution in [2.45, 2.75) is 13.2 Å². The fraction of sp³-hybridized carbons (Fsp3) is 0.111. The Morgan fingerprint density at radius 1 is 0.906 bits per heavy atom. The highest BCUT2D eigenvalue weighted by atomic mass is 16.5. The molecule has 0 atom stereocenters. The van der Waals surface area contributed by atoms with Crippen molar-refractivity contribution in [1.82, 2.24) is 9.55 Å². The summed E-state index contributed by atoms with van der Waals surface area (Å²) < 4.78 is 12.9. The quantitative estimate of drug-likeness (QED) is 0.334. The van der Waals surface area contributed by atoms with Crippen LogP contribution >= 0.6 is 0 Å². The van der Waals surface area contributed by atoms with Gasteiger partial charge in [0, 0.05) is 23.6 Å². The lowest BCUT2D eigenvalue weighted by Crippen LogP contribution is -2.03. The molecule has 5 nitrogen and oxygen atoms in total. The maximum Gasteiger partial charge on any atom is 0.337 e. The Bertz CT molecular complexity index is 1400. The van der Waals surface area contributed by atoms with Gasteiger partial charge in [0.1, 0.15) is 12.4 Å². The van der Waals surface area contributed by atoms with Crippen LogP contribution in [0, 0.1) is 0 Å². The fourth-order valence-electron chi connectivity index (χ4n) is 3.80. The minimum absolute atomic E-state index is 0.331. The maximum absolute atomic E-state index is 11.9. The van der Waals surface area contributed by atoms with E-state index in [0.717, 1.165) is 38.8 Å². The average Bonchev–Trinajstić information content (AvgIpc) is 3.25. The molecule has 0 saturated heterocycles. The van der Waals surface area contributed by atoms with E-state index in [-0.39, 0.29) is 5.97 Å². The van der Waals surface area contributed by atoms with Crippen molar-refractivity contribution < 1.29 is 14.3 Å². The second-order valence-corrected chi connectivity index (χ2v) is 7.64. The number of hydrogen-bond donors (Lipinski definition) is 0. The molecule has 0 aliphatic rings. The summed E-state index contributed by atoms with van der Waals surface area (Å²) in [5.41, 5.74) is 4.55. The summed E-state index contributed by atoms with van der Waals surface area (Å²) in [7, 11) is 1.39. The predicted molar refractivity (Wildman–Crippen MR) is 125 cm³/mol. The van der Waals surface area contributed by atoms with Crippen LogP contribution in [0.4, 0.5) is 0 Å². The molecular weight excluding hydrogens is 400 g/mol. The number of methoxy groups -OCH3 is 1. The zero-order chi connectivity index (χ0) is 21.9. The van der Waals surface area contributed by atoms with Gasteiger partial charge in [-0.1, -0.05) is 42.5 Å². The Kier molecular flexibility index (Phi) is 5.30. The van der Waals surface area contributed by atoms with E-state index < -0.39 is 0 Å². The molecule has 0 aliphatic carbocycles. The van der Waals surface area contributed by atoms with Gasteiger partial charge in [-0.3, -0.25) is 0 Å². The zero-order valence-corrected chi connectivity index (χ0v) is 17.7. The highest BCUT2D eigenvalue weighted by Gasteiger charge is 2.09. The third kappa shape index (κ3) is 4.05. The Hall–Kier alpha value is -4.12. The van der Waals surface area contributed by atoms with E-state index in [1.54, 1.807) is 6.07 Å². The molecule has 2 heterocycles. The lowest BCUT2D eigenvalue weighted by molar-refractivity contribution is 0.0601. The van der Waals surface area contributed by atoms with Crippen molar-refractivity contribution in [2.75, 3.05) is 7.11 Å². The largest absolute Gasteiger partial charge is 0.487 e. The van der Waals surface area contributed by atoms with Crippen LogP contribution in [0.2, 0.25) is 0 Å². The first-order valence-electron chi connectivity index (χ1n) is 10.4. The zero-order valence-electron chi connectivity index (χ0n) is 17.7. The first kappa shape index (κ1) is 19.8. The van der Waals surface area contributed by atoms with Crippen LogP contribution in [0.15, 0.2) is 91.1 Å². The van der Waals surface area contributed by atoms with E-state index in [0.29, 0.717) is 18.7 Å². The third-order valence-electron chi connectivity index (χ3n) is 5.51. The molecule has 158 valence electrons. The number of nitrogens with zero attached hydrogens (tertiary/aromatic N) is 2. The summed E-state index contributed by atoms with van der Waals surface area (Å²) in [6.45, 7) is 1.11. The Morgan fingerprint density at radius 2 is 1.72 bits per heavy atom. The molecule has 5 heteroatoms. The summed E-state index contributed by atoms with van der Waals surface area (Å²) in [5, 5.41) is 2.21. The predicted octanol–water partition coefficient (Wildman–Crippen LogP) is 5.60. The molecule has 32 heavy (non-hydrogen) atoms. The van der Waals surface area contributed by atoms with Crippen molar-refractivity contribution in [2.24, 2.45) is 0 Å². The summed E-state index contributed by atoms with van der Waals surface area (Å²) in [6.07, 6.45) is 2.03. The van der Waals surface area contributed by atoms with Crippen molar-refractivity contribution in [3.8, 4) is 5.75 Å². The van der Waals surface area contributed by atoms with Gasteiger partial charge >= 0.3 is 5.97 Å². The van der Waals surface area contributed by atoms with Crippen molar-refractivity contribution in [3.63, 3.8) is 0 Å². The third-order valence-corrected chi connectivity index (χ3v) is 5.51. The molecule has 5 rings (SSSR count). The number of pyridine rings is 1. The van der Waals surface area contributed by atoms with E-state index in [4.69, 9.17) is 9.47 Å². The summed E-state index contributed by atoms with van der Waals surface area (Å²) in [5.74, 6) is 0.469. The van der Waals surface area contributed by atoms with Gasteiger partial charge in [-0.15, -0.1) is 0 Å². The smallest absolute Gasteiger partial charge is 0.337 e. The Morgan fingerprint density at radius 3 is 2.56 bits per heavy atom. The van der Waals surface area contributed by atoms with Gasteiger partial charge in [0.2, 0.25) is 0 Å². The number of para-hydroxylation sites is 1. The first-order chi connectivity index (χ1) is 15.7. The van der Waals surface area contributed by atoms with Gasteiger partial charge in [-0.2, -0.15) is 0 Å². The monoisotopic (exact) mass is 422 g/mol. The summed E-state index contributed by atoms with van der Waals surface area (Å²) in [6, 6.07) is 27.8. The molecule has 5 aromatic rings. The number of hydrogen-bond acceptors (Lipinski definition) is 4. The number of ether oxygens (including phenoxy) is 2. The molecular formula is C27H22N2O3. The number of carbonyl (C=O) groups excluding carboxylic acids is 1. The molecule has 3 aromatic carbocycles. The topological polar surface area (TPSA) is 53.4 Å². The first-order valence-corrected chi connectivity index (χ1v) is 10.4. The van der Waals surface area contributed by atoms with E-state index in [1.807, 2.05) is 60.8 Å². The highest BCUT2D eigenvalue weighted by Crippen LogP contribution is 2.21. The van der Waals surface area contributed by atoms with Crippen LogP contribution in [0.1, 0.15) is 21.6 Å². The number of benzene rings is 3. The number of rotatable bonds is 6. The normalized spacial score (nSPS) is 11.0.